The predicted molar refractivity (Wildman–Crippen MR) is 94.4 cm³/mol. The number of benzene rings is 2. The van der Waals surface area contributed by atoms with Gasteiger partial charge in [0.15, 0.2) is 17.6 Å². The molecular weight excluding hydrogens is 338 g/mol. The number of hydrogen-bond donors (Lipinski definition) is 2. The molecule has 0 saturated heterocycles. The predicted octanol–water partition coefficient (Wildman–Crippen LogP) is 2.27. The summed E-state index contributed by atoms with van der Waals surface area (Å²) in [4.78, 5) is 24.3. The molecule has 0 saturated carbocycles. The number of amides is 1. The van der Waals surface area contributed by atoms with Crippen LogP contribution in [0.2, 0.25) is 0 Å². The number of carbonyl (C=O) groups excluding carboxylic acids is 2. The van der Waals surface area contributed by atoms with E-state index in [9.17, 15) is 14.7 Å². The Morgan fingerprint density at radius 1 is 1.08 bits per heavy atom. The lowest BCUT2D eigenvalue weighted by Gasteiger charge is -2.15. The van der Waals surface area contributed by atoms with Gasteiger partial charge in [0, 0.05) is 6.54 Å². The molecule has 1 amide bonds. The fourth-order valence-electron chi connectivity index (χ4n) is 2.21. The monoisotopic (exact) mass is 359 g/mol. The summed E-state index contributed by atoms with van der Waals surface area (Å²) < 4.78 is 15.1. The van der Waals surface area contributed by atoms with E-state index in [2.05, 4.69) is 5.32 Å². The van der Waals surface area contributed by atoms with Crippen LogP contribution >= 0.6 is 0 Å². The van der Waals surface area contributed by atoms with Gasteiger partial charge in [-0.25, -0.2) is 4.79 Å². The highest BCUT2D eigenvalue weighted by Gasteiger charge is 2.22. The van der Waals surface area contributed by atoms with E-state index in [0.29, 0.717) is 0 Å². The third kappa shape index (κ3) is 4.66. The minimum atomic E-state index is -1.02. The van der Waals surface area contributed by atoms with Crippen molar-refractivity contribution < 1.29 is 28.9 Å². The molecule has 138 valence electrons. The Bertz CT molecular complexity index is 772. The highest BCUT2D eigenvalue weighted by Crippen LogP contribution is 2.29. The molecule has 2 aromatic carbocycles. The molecule has 0 bridgehead atoms. The van der Waals surface area contributed by atoms with Crippen LogP contribution in [-0.4, -0.2) is 37.3 Å². The van der Waals surface area contributed by atoms with E-state index in [1.165, 1.54) is 26.2 Å². The number of phenols is 1. The average molecular weight is 359 g/mol. The second-order valence-electron chi connectivity index (χ2n) is 5.47. The van der Waals surface area contributed by atoms with Crippen molar-refractivity contribution in [1.82, 2.24) is 5.32 Å². The Morgan fingerprint density at radius 3 is 2.38 bits per heavy atom. The number of carbonyl (C=O) groups is 2. The molecule has 26 heavy (non-hydrogen) atoms. The molecule has 7 heteroatoms. The number of esters is 1. The number of aromatic hydroxyl groups is 1. The second kappa shape index (κ2) is 8.75. The quantitative estimate of drug-likeness (QED) is 0.737. The van der Waals surface area contributed by atoms with E-state index >= 15 is 0 Å². The van der Waals surface area contributed by atoms with Crippen molar-refractivity contribution in [2.24, 2.45) is 0 Å². The first-order valence-electron chi connectivity index (χ1n) is 7.93. The maximum Gasteiger partial charge on any atom is 0.342 e. The molecule has 1 unspecified atom stereocenters. The van der Waals surface area contributed by atoms with Crippen LogP contribution in [0.15, 0.2) is 42.5 Å². The van der Waals surface area contributed by atoms with Gasteiger partial charge in [0.25, 0.3) is 5.91 Å². The van der Waals surface area contributed by atoms with Crippen molar-refractivity contribution >= 4 is 11.9 Å². The molecule has 0 aliphatic rings. The van der Waals surface area contributed by atoms with Crippen molar-refractivity contribution in [1.29, 1.82) is 0 Å². The van der Waals surface area contributed by atoms with Crippen LogP contribution in [0, 0.1) is 0 Å². The summed E-state index contributed by atoms with van der Waals surface area (Å²) in [6, 6.07) is 11.7. The van der Waals surface area contributed by atoms with E-state index in [-0.39, 0.29) is 23.6 Å². The molecule has 0 aliphatic heterocycles. The Balaban J connectivity index is 1.92. The highest BCUT2D eigenvalue weighted by molar-refractivity contribution is 5.95. The second-order valence-corrected chi connectivity index (χ2v) is 5.47. The molecule has 0 radical (unpaired) electrons. The molecule has 2 aromatic rings. The van der Waals surface area contributed by atoms with Crippen molar-refractivity contribution in [3.63, 3.8) is 0 Å². The zero-order valence-corrected chi connectivity index (χ0v) is 14.8. The molecule has 0 fully saturated rings. The third-order valence-corrected chi connectivity index (χ3v) is 3.72. The lowest BCUT2D eigenvalue weighted by molar-refractivity contribution is -0.129. The van der Waals surface area contributed by atoms with Gasteiger partial charge in [0.2, 0.25) is 0 Å². The fraction of sp³-hybridized carbons (Fsp3) is 0.263. The van der Waals surface area contributed by atoms with Crippen LogP contribution < -0.4 is 14.8 Å². The number of phenolic OH excluding ortho intramolecular Hbond substituents is 1. The highest BCUT2D eigenvalue weighted by atomic mass is 16.5. The maximum absolute atomic E-state index is 12.2. The first-order chi connectivity index (χ1) is 12.5. The van der Waals surface area contributed by atoms with Gasteiger partial charge in [0.05, 0.1) is 14.2 Å². The number of rotatable bonds is 7. The maximum atomic E-state index is 12.2. The number of ether oxygens (including phenoxy) is 3. The van der Waals surface area contributed by atoms with Crippen LogP contribution in [0.5, 0.6) is 17.2 Å². The van der Waals surface area contributed by atoms with E-state index in [0.717, 1.165) is 11.3 Å². The normalized spacial score (nSPS) is 11.3. The Kier molecular flexibility index (Phi) is 6.43. The summed E-state index contributed by atoms with van der Waals surface area (Å²) >= 11 is 0. The van der Waals surface area contributed by atoms with Gasteiger partial charge in [-0.15, -0.1) is 0 Å². The van der Waals surface area contributed by atoms with Crippen LogP contribution in [0.1, 0.15) is 22.8 Å². The molecule has 2 N–H and O–H groups in total. The number of nitrogens with one attached hydrogen (secondary N) is 1. The van der Waals surface area contributed by atoms with E-state index in [4.69, 9.17) is 14.2 Å². The van der Waals surface area contributed by atoms with Gasteiger partial charge >= 0.3 is 5.97 Å². The molecule has 0 heterocycles. The minimum Gasteiger partial charge on any atom is -0.504 e. The summed E-state index contributed by atoms with van der Waals surface area (Å²) in [5.41, 5.74) is 0.808. The summed E-state index contributed by atoms with van der Waals surface area (Å²) in [7, 11) is 2.95. The average Bonchev–Trinajstić information content (AvgIpc) is 2.66. The van der Waals surface area contributed by atoms with Gasteiger partial charge in [0.1, 0.15) is 11.3 Å². The Hall–Kier alpha value is -3.22. The minimum absolute atomic E-state index is 0.0702. The molecule has 0 aliphatic carbocycles. The first-order valence-corrected chi connectivity index (χ1v) is 7.93. The molecule has 0 spiro atoms. The zero-order chi connectivity index (χ0) is 19.1. The number of hydrogen-bond acceptors (Lipinski definition) is 6. The van der Waals surface area contributed by atoms with E-state index < -0.39 is 18.0 Å². The van der Waals surface area contributed by atoms with Crippen LogP contribution in [0.3, 0.4) is 0 Å². The first kappa shape index (κ1) is 19.1. The van der Waals surface area contributed by atoms with Crippen molar-refractivity contribution in [3.05, 3.63) is 53.6 Å². The summed E-state index contributed by atoms with van der Waals surface area (Å²) in [6.07, 6.45) is -1.02. The molecule has 2 rings (SSSR count). The Labute approximate surface area is 151 Å². The molecule has 0 aromatic heterocycles. The van der Waals surface area contributed by atoms with E-state index in [1.54, 1.807) is 25.3 Å². The fourth-order valence-corrected chi connectivity index (χ4v) is 2.21. The SMILES string of the molecule is COc1ccc(CNC(=O)C(C)OC(=O)c2cccc(OC)c2O)cc1. The molecule has 1 atom stereocenters. The van der Waals surface area contributed by atoms with Crippen LogP contribution in [0.25, 0.3) is 0 Å². The Morgan fingerprint density at radius 2 is 1.77 bits per heavy atom. The zero-order valence-electron chi connectivity index (χ0n) is 14.8. The lowest BCUT2D eigenvalue weighted by Crippen LogP contribution is -2.35. The van der Waals surface area contributed by atoms with Gasteiger partial charge in [-0.2, -0.15) is 0 Å². The van der Waals surface area contributed by atoms with Gasteiger partial charge < -0.3 is 24.6 Å². The summed E-state index contributed by atoms with van der Waals surface area (Å²) in [6.45, 7) is 1.74. The smallest absolute Gasteiger partial charge is 0.342 e. The van der Waals surface area contributed by atoms with Crippen molar-refractivity contribution in [3.8, 4) is 17.2 Å². The van der Waals surface area contributed by atoms with Crippen LogP contribution in [0.4, 0.5) is 0 Å². The molecular formula is C19H21NO6. The topological polar surface area (TPSA) is 94.1 Å². The largest absolute Gasteiger partial charge is 0.504 e. The van der Waals surface area contributed by atoms with Crippen molar-refractivity contribution in [2.75, 3.05) is 14.2 Å². The van der Waals surface area contributed by atoms with Crippen LogP contribution in [-0.2, 0) is 16.1 Å². The van der Waals surface area contributed by atoms with Gasteiger partial charge in [-0.1, -0.05) is 18.2 Å². The van der Waals surface area contributed by atoms with Gasteiger partial charge in [-0.05, 0) is 36.8 Å². The summed E-state index contributed by atoms with van der Waals surface area (Å²) in [5.74, 6) is -0.715. The standard InChI is InChI=1S/C19H21NO6/c1-12(18(22)20-11-13-7-9-14(24-2)10-8-13)26-19(23)15-5-4-6-16(25-3)17(15)21/h4-10,12,21H,11H2,1-3H3,(H,20,22). The van der Waals surface area contributed by atoms with E-state index in [1.807, 2.05) is 12.1 Å². The van der Waals surface area contributed by atoms with Crippen molar-refractivity contribution in [2.45, 2.75) is 19.6 Å². The van der Waals surface area contributed by atoms with Gasteiger partial charge in [-0.3, -0.25) is 4.79 Å². The molecule has 7 nitrogen and oxygen atoms in total. The third-order valence-electron chi connectivity index (χ3n) is 3.72. The lowest BCUT2D eigenvalue weighted by atomic mass is 10.2. The summed E-state index contributed by atoms with van der Waals surface area (Å²) in [5, 5.41) is 12.7. The number of methoxy groups -OCH3 is 2. The number of para-hydroxylation sites is 1.